The first-order valence-electron chi connectivity index (χ1n) is 7.49. The van der Waals surface area contributed by atoms with Crippen molar-refractivity contribution in [1.29, 1.82) is 0 Å². The van der Waals surface area contributed by atoms with Gasteiger partial charge in [-0.3, -0.25) is 0 Å². The summed E-state index contributed by atoms with van der Waals surface area (Å²) in [6, 6.07) is 6.34. The Hall–Kier alpha value is -2.15. The maximum absolute atomic E-state index is 12.8. The van der Waals surface area contributed by atoms with Crippen molar-refractivity contribution in [2.75, 3.05) is 13.1 Å². The Kier molecular flexibility index (Phi) is 4.89. The molecule has 7 heteroatoms. The Labute approximate surface area is 136 Å². The zero-order chi connectivity index (χ0) is 17.2. The molecule has 0 aliphatic heterocycles. The first-order chi connectivity index (χ1) is 10.8. The summed E-state index contributed by atoms with van der Waals surface area (Å²) in [5.41, 5.74) is 1.32. The van der Waals surface area contributed by atoms with Crippen molar-refractivity contribution in [3.05, 3.63) is 41.6 Å². The van der Waals surface area contributed by atoms with Crippen LogP contribution >= 0.6 is 0 Å². The van der Waals surface area contributed by atoms with E-state index in [0.29, 0.717) is 24.2 Å². The average Bonchev–Trinajstić information content (AvgIpc) is 2.98. The normalized spacial score (nSPS) is 11.5. The second-order valence-corrected chi connectivity index (χ2v) is 7.11. The minimum absolute atomic E-state index is 0.115. The SMILES string of the molecule is CCN(CC)C(=O)n1ccc(S(=O)(=O)c2c(C)cccc2C)n1. The molecule has 1 aromatic heterocycles. The summed E-state index contributed by atoms with van der Waals surface area (Å²) < 4.78 is 26.7. The van der Waals surface area contributed by atoms with Crippen LogP contribution in [0.25, 0.3) is 0 Å². The van der Waals surface area contributed by atoms with Crippen molar-refractivity contribution in [1.82, 2.24) is 14.7 Å². The third kappa shape index (κ3) is 3.14. The fourth-order valence-electron chi connectivity index (χ4n) is 2.52. The van der Waals surface area contributed by atoms with Gasteiger partial charge in [0.2, 0.25) is 9.84 Å². The molecule has 0 atom stereocenters. The van der Waals surface area contributed by atoms with Crippen LogP contribution in [0, 0.1) is 13.8 Å². The Morgan fingerprint density at radius 2 is 1.70 bits per heavy atom. The predicted molar refractivity (Wildman–Crippen MR) is 87.3 cm³/mol. The molecule has 0 bridgehead atoms. The number of nitrogens with zero attached hydrogens (tertiary/aromatic N) is 3. The number of aromatic nitrogens is 2. The van der Waals surface area contributed by atoms with E-state index in [1.807, 2.05) is 19.9 Å². The summed E-state index contributed by atoms with van der Waals surface area (Å²) in [6.07, 6.45) is 1.39. The van der Waals surface area contributed by atoms with Gasteiger partial charge in [0.05, 0.1) is 4.90 Å². The lowest BCUT2D eigenvalue weighted by Crippen LogP contribution is -2.34. The van der Waals surface area contributed by atoms with Crippen molar-refractivity contribution in [3.63, 3.8) is 0 Å². The maximum Gasteiger partial charge on any atom is 0.344 e. The molecule has 0 aliphatic rings. The molecule has 1 amide bonds. The molecule has 1 aromatic carbocycles. The largest absolute Gasteiger partial charge is 0.344 e. The second kappa shape index (κ2) is 6.54. The number of hydrogen-bond donors (Lipinski definition) is 0. The minimum atomic E-state index is -3.75. The number of benzene rings is 1. The summed E-state index contributed by atoms with van der Waals surface area (Å²) in [7, 11) is -3.75. The van der Waals surface area contributed by atoms with Gasteiger partial charge in [-0.1, -0.05) is 18.2 Å². The highest BCUT2D eigenvalue weighted by molar-refractivity contribution is 7.91. The summed E-state index contributed by atoms with van der Waals surface area (Å²) >= 11 is 0. The third-order valence-corrected chi connectivity index (χ3v) is 5.70. The van der Waals surface area contributed by atoms with E-state index in [4.69, 9.17) is 0 Å². The smallest absolute Gasteiger partial charge is 0.323 e. The topological polar surface area (TPSA) is 72.3 Å². The number of rotatable bonds is 4. The average molecular weight is 335 g/mol. The van der Waals surface area contributed by atoms with Gasteiger partial charge >= 0.3 is 6.03 Å². The maximum atomic E-state index is 12.8. The molecule has 6 nitrogen and oxygen atoms in total. The predicted octanol–water partition coefficient (Wildman–Crippen LogP) is 2.64. The van der Waals surface area contributed by atoms with Gasteiger partial charge in [0.1, 0.15) is 0 Å². The molecule has 124 valence electrons. The van der Waals surface area contributed by atoms with Gasteiger partial charge in [0.15, 0.2) is 5.03 Å². The van der Waals surface area contributed by atoms with Gasteiger partial charge in [-0.15, -0.1) is 0 Å². The van der Waals surface area contributed by atoms with Crippen LogP contribution < -0.4 is 0 Å². The lowest BCUT2D eigenvalue weighted by Gasteiger charge is -2.17. The van der Waals surface area contributed by atoms with Crippen molar-refractivity contribution in [2.45, 2.75) is 37.6 Å². The van der Waals surface area contributed by atoms with Crippen LogP contribution in [0.5, 0.6) is 0 Å². The highest BCUT2D eigenvalue weighted by Gasteiger charge is 2.26. The number of carbonyl (C=O) groups excluding carboxylic acids is 1. The van der Waals surface area contributed by atoms with E-state index in [1.165, 1.54) is 12.3 Å². The monoisotopic (exact) mass is 335 g/mol. The van der Waals surface area contributed by atoms with E-state index >= 15 is 0 Å². The molecule has 0 saturated heterocycles. The van der Waals surface area contributed by atoms with Gasteiger partial charge in [-0.25, -0.2) is 13.2 Å². The Morgan fingerprint density at radius 3 is 2.22 bits per heavy atom. The van der Waals surface area contributed by atoms with Crippen LogP contribution in [0.3, 0.4) is 0 Å². The van der Waals surface area contributed by atoms with E-state index in [0.717, 1.165) is 4.68 Å². The molecule has 0 N–H and O–H groups in total. The summed E-state index contributed by atoms with van der Waals surface area (Å²) in [5, 5.41) is 3.88. The Balaban J connectivity index is 2.46. The second-order valence-electron chi connectivity index (χ2n) is 5.28. The molecule has 0 fully saturated rings. The Bertz CT molecular complexity index is 801. The fraction of sp³-hybridized carbons (Fsp3) is 0.375. The first-order valence-corrected chi connectivity index (χ1v) is 8.97. The molecular formula is C16H21N3O3S. The van der Waals surface area contributed by atoms with Crippen molar-refractivity contribution >= 4 is 15.9 Å². The van der Waals surface area contributed by atoms with Gasteiger partial charge in [-0.05, 0) is 44.9 Å². The third-order valence-electron chi connectivity index (χ3n) is 3.75. The van der Waals surface area contributed by atoms with Crippen LogP contribution in [-0.2, 0) is 9.84 Å². The van der Waals surface area contributed by atoms with E-state index in [-0.39, 0.29) is 16.0 Å². The number of carbonyl (C=O) groups is 1. The number of hydrogen-bond acceptors (Lipinski definition) is 4. The van der Waals surface area contributed by atoms with E-state index in [2.05, 4.69) is 5.10 Å². The number of aryl methyl sites for hydroxylation is 2. The zero-order valence-corrected chi connectivity index (χ0v) is 14.6. The fourth-order valence-corrected chi connectivity index (χ4v) is 4.15. The van der Waals surface area contributed by atoms with Crippen LogP contribution in [0.2, 0.25) is 0 Å². The van der Waals surface area contributed by atoms with Crippen molar-refractivity contribution < 1.29 is 13.2 Å². The van der Waals surface area contributed by atoms with Crippen LogP contribution in [-0.4, -0.2) is 42.2 Å². The summed E-state index contributed by atoms with van der Waals surface area (Å²) in [5.74, 6) is 0. The molecule has 0 aliphatic carbocycles. The molecule has 23 heavy (non-hydrogen) atoms. The van der Waals surface area contributed by atoms with Crippen LogP contribution in [0.1, 0.15) is 25.0 Å². The molecule has 0 saturated carbocycles. The molecule has 0 radical (unpaired) electrons. The highest BCUT2D eigenvalue weighted by Crippen LogP contribution is 2.25. The quantitative estimate of drug-likeness (QED) is 0.861. The van der Waals surface area contributed by atoms with E-state index in [9.17, 15) is 13.2 Å². The molecule has 2 aromatic rings. The summed E-state index contributed by atoms with van der Waals surface area (Å²) in [6.45, 7) is 8.29. The first kappa shape index (κ1) is 17.2. The number of sulfone groups is 1. The summed E-state index contributed by atoms with van der Waals surface area (Å²) in [4.78, 5) is 14.1. The van der Waals surface area contributed by atoms with Gasteiger partial charge in [-0.2, -0.15) is 9.78 Å². The zero-order valence-electron chi connectivity index (χ0n) is 13.8. The lowest BCUT2D eigenvalue weighted by molar-refractivity contribution is 0.201. The van der Waals surface area contributed by atoms with Crippen LogP contribution in [0.15, 0.2) is 40.4 Å². The van der Waals surface area contributed by atoms with Crippen molar-refractivity contribution in [3.8, 4) is 0 Å². The van der Waals surface area contributed by atoms with Crippen LogP contribution in [0.4, 0.5) is 4.79 Å². The molecule has 2 rings (SSSR count). The van der Waals surface area contributed by atoms with Gasteiger partial charge in [0.25, 0.3) is 0 Å². The lowest BCUT2D eigenvalue weighted by atomic mass is 10.2. The minimum Gasteiger partial charge on any atom is -0.323 e. The molecule has 0 unspecified atom stereocenters. The Morgan fingerprint density at radius 1 is 1.13 bits per heavy atom. The van der Waals surface area contributed by atoms with Gasteiger partial charge in [0, 0.05) is 19.3 Å². The van der Waals surface area contributed by atoms with E-state index in [1.54, 1.807) is 30.9 Å². The van der Waals surface area contributed by atoms with E-state index < -0.39 is 9.84 Å². The van der Waals surface area contributed by atoms with Crippen molar-refractivity contribution in [2.24, 2.45) is 0 Å². The highest BCUT2D eigenvalue weighted by atomic mass is 32.2. The molecule has 1 heterocycles. The molecular weight excluding hydrogens is 314 g/mol. The molecule has 0 spiro atoms. The standard InChI is InChI=1S/C16H21N3O3S/c1-5-18(6-2)16(20)19-11-10-14(17-19)23(21,22)15-12(3)8-7-9-13(15)4/h7-11H,5-6H2,1-4H3. The number of amides is 1. The van der Waals surface area contributed by atoms with Gasteiger partial charge < -0.3 is 4.90 Å².